The molecule has 0 radical (unpaired) electrons. The molecule has 0 aliphatic carbocycles. The monoisotopic (exact) mass is 252 g/mol. The Hall–Kier alpha value is -2.20. The smallest absolute Gasteiger partial charge is 0.107 e. The van der Waals surface area contributed by atoms with Crippen LogP contribution in [0.25, 0.3) is 11.0 Å². The number of imidazole rings is 1. The first-order valence-corrected chi connectivity index (χ1v) is 6.42. The summed E-state index contributed by atoms with van der Waals surface area (Å²) in [5.74, 6) is 1.000. The van der Waals surface area contributed by atoms with Crippen LogP contribution >= 0.6 is 0 Å². The Bertz CT molecular complexity index is 673. The molecule has 2 heterocycles. The van der Waals surface area contributed by atoms with Crippen LogP contribution in [-0.2, 0) is 19.4 Å². The molecule has 0 spiro atoms. The number of hydrogen-bond donors (Lipinski definition) is 2. The molecule has 3 aromatic rings. The van der Waals surface area contributed by atoms with Gasteiger partial charge in [-0.25, -0.2) is 4.98 Å². The highest BCUT2D eigenvalue weighted by atomic mass is 14.9. The van der Waals surface area contributed by atoms with Gasteiger partial charge >= 0.3 is 0 Å². The van der Waals surface area contributed by atoms with Crippen LogP contribution in [0.1, 0.15) is 17.0 Å². The maximum Gasteiger partial charge on any atom is 0.107 e. The number of H-pyrrole nitrogens is 1. The van der Waals surface area contributed by atoms with Gasteiger partial charge in [-0.15, -0.1) is 0 Å². The molecule has 2 aromatic heterocycles. The number of rotatable bonds is 4. The lowest BCUT2D eigenvalue weighted by Crippen LogP contribution is -1.97. The summed E-state index contributed by atoms with van der Waals surface area (Å²) in [4.78, 5) is 12.1. The molecular formula is C15H16N4. The van der Waals surface area contributed by atoms with Crippen LogP contribution in [0, 0.1) is 0 Å². The lowest BCUT2D eigenvalue weighted by Gasteiger charge is -1.97. The average Bonchev–Trinajstić information content (AvgIpc) is 2.89. The lowest BCUT2D eigenvalue weighted by molar-refractivity contribution is 0.884. The summed E-state index contributed by atoms with van der Waals surface area (Å²) in [6, 6.07) is 10.1. The molecule has 4 heteroatoms. The molecule has 0 saturated carbocycles. The second kappa shape index (κ2) is 5.20. The standard InChI is InChI=1S/C15H16N4/c16-9-12-4-1-5-13-15(12)19-14(18-13)7-6-11-3-2-8-17-10-11/h1-5,8,10H,6-7,9,16H2,(H,18,19). The maximum absolute atomic E-state index is 5.73. The van der Waals surface area contributed by atoms with Crippen LogP contribution in [0.2, 0.25) is 0 Å². The Morgan fingerprint density at radius 2 is 2.05 bits per heavy atom. The van der Waals surface area contributed by atoms with Crippen molar-refractivity contribution in [2.45, 2.75) is 19.4 Å². The normalized spacial score (nSPS) is 11.0. The zero-order chi connectivity index (χ0) is 13.1. The zero-order valence-electron chi connectivity index (χ0n) is 10.6. The van der Waals surface area contributed by atoms with Gasteiger partial charge in [0.2, 0.25) is 0 Å². The first kappa shape index (κ1) is 11.9. The van der Waals surface area contributed by atoms with Crippen molar-refractivity contribution >= 4 is 11.0 Å². The van der Waals surface area contributed by atoms with Gasteiger partial charge in [-0.1, -0.05) is 18.2 Å². The molecule has 0 aliphatic rings. The molecule has 0 aliphatic heterocycles. The third-order valence-electron chi connectivity index (χ3n) is 3.24. The second-order valence-corrected chi connectivity index (χ2v) is 4.56. The summed E-state index contributed by atoms with van der Waals surface area (Å²) in [5.41, 5.74) is 10.1. The first-order valence-electron chi connectivity index (χ1n) is 6.42. The summed E-state index contributed by atoms with van der Waals surface area (Å²) in [6.07, 6.45) is 5.50. The number of hydrogen-bond acceptors (Lipinski definition) is 3. The molecule has 0 bridgehead atoms. The number of nitrogens with one attached hydrogen (secondary N) is 1. The van der Waals surface area contributed by atoms with Gasteiger partial charge in [0.05, 0.1) is 11.0 Å². The van der Waals surface area contributed by atoms with E-state index >= 15 is 0 Å². The highest BCUT2D eigenvalue weighted by Crippen LogP contribution is 2.16. The van der Waals surface area contributed by atoms with E-state index in [1.54, 1.807) is 6.20 Å². The number of pyridine rings is 1. The minimum atomic E-state index is 0.518. The van der Waals surface area contributed by atoms with Crippen LogP contribution in [-0.4, -0.2) is 15.0 Å². The molecular weight excluding hydrogens is 236 g/mol. The number of nitrogens with two attached hydrogens (primary N) is 1. The molecule has 4 nitrogen and oxygen atoms in total. The van der Waals surface area contributed by atoms with E-state index in [-0.39, 0.29) is 0 Å². The SMILES string of the molecule is NCc1cccc2[nH]c(CCc3cccnc3)nc12. The Morgan fingerprint density at radius 1 is 1.11 bits per heavy atom. The van der Waals surface area contributed by atoms with E-state index in [0.717, 1.165) is 35.3 Å². The van der Waals surface area contributed by atoms with Gasteiger partial charge in [0, 0.05) is 25.4 Å². The van der Waals surface area contributed by atoms with Crippen molar-refractivity contribution in [1.82, 2.24) is 15.0 Å². The molecule has 0 saturated heterocycles. The minimum absolute atomic E-state index is 0.518. The molecule has 0 atom stereocenters. The number of aromatic nitrogens is 3. The highest BCUT2D eigenvalue weighted by molar-refractivity contribution is 5.78. The molecule has 96 valence electrons. The van der Waals surface area contributed by atoms with Gasteiger partial charge in [0.25, 0.3) is 0 Å². The summed E-state index contributed by atoms with van der Waals surface area (Å²) < 4.78 is 0. The summed E-state index contributed by atoms with van der Waals surface area (Å²) in [6.45, 7) is 0.518. The van der Waals surface area contributed by atoms with Crippen LogP contribution in [0.5, 0.6) is 0 Å². The van der Waals surface area contributed by atoms with Crippen molar-refractivity contribution in [3.8, 4) is 0 Å². The van der Waals surface area contributed by atoms with Crippen LogP contribution < -0.4 is 5.73 Å². The van der Waals surface area contributed by atoms with E-state index < -0.39 is 0 Å². The number of benzene rings is 1. The number of para-hydroxylation sites is 1. The van der Waals surface area contributed by atoms with Crippen molar-refractivity contribution in [3.05, 3.63) is 59.7 Å². The summed E-state index contributed by atoms with van der Waals surface area (Å²) in [7, 11) is 0. The Kier molecular flexibility index (Phi) is 3.25. The molecule has 0 unspecified atom stereocenters. The van der Waals surface area contributed by atoms with Gasteiger partial charge < -0.3 is 10.7 Å². The van der Waals surface area contributed by atoms with E-state index in [0.29, 0.717) is 6.54 Å². The second-order valence-electron chi connectivity index (χ2n) is 4.56. The van der Waals surface area contributed by atoms with E-state index in [2.05, 4.69) is 21.0 Å². The number of aromatic amines is 1. The summed E-state index contributed by atoms with van der Waals surface area (Å²) in [5, 5.41) is 0. The van der Waals surface area contributed by atoms with E-state index in [1.165, 1.54) is 5.56 Å². The zero-order valence-corrected chi connectivity index (χ0v) is 10.6. The van der Waals surface area contributed by atoms with Gasteiger partial charge in [0.1, 0.15) is 5.82 Å². The van der Waals surface area contributed by atoms with Crippen molar-refractivity contribution in [2.24, 2.45) is 5.73 Å². The van der Waals surface area contributed by atoms with Crippen LogP contribution in [0.4, 0.5) is 0 Å². The van der Waals surface area contributed by atoms with Crippen LogP contribution in [0.15, 0.2) is 42.7 Å². The number of fused-ring (bicyclic) bond motifs is 1. The van der Waals surface area contributed by atoms with E-state index in [9.17, 15) is 0 Å². The predicted octanol–water partition coefficient (Wildman–Crippen LogP) is 2.20. The molecule has 19 heavy (non-hydrogen) atoms. The van der Waals surface area contributed by atoms with Crippen molar-refractivity contribution < 1.29 is 0 Å². The molecule has 3 N–H and O–H groups in total. The third kappa shape index (κ3) is 2.48. The van der Waals surface area contributed by atoms with Crippen molar-refractivity contribution in [2.75, 3.05) is 0 Å². The minimum Gasteiger partial charge on any atom is -0.342 e. The Balaban J connectivity index is 1.82. The molecule has 0 fully saturated rings. The van der Waals surface area contributed by atoms with E-state index in [4.69, 9.17) is 5.73 Å². The fourth-order valence-electron chi connectivity index (χ4n) is 2.23. The largest absolute Gasteiger partial charge is 0.342 e. The topological polar surface area (TPSA) is 67.6 Å². The van der Waals surface area contributed by atoms with E-state index in [1.807, 2.05) is 30.5 Å². The van der Waals surface area contributed by atoms with Crippen LogP contribution in [0.3, 0.4) is 0 Å². The summed E-state index contributed by atoms with van der Waals surface area (Å²) >= 11 is 0. The van der Waals surface area contributed by atoms with Gasteiger partial charge in [-0.05, 0) is 29.7 Å². The third-order valence-corrected chi connectivity index (χ3v) is 3.24. The van der Waals surface area contributed by atoms with Gasteiger partial charge in [-0.3, -0.25) is 4.98 Å². The number of nitrogens with zero attached hydrogens (tertiary/aromatic N) is 2. The Morgan fingerprint density at radius 3 is 2.84 bits per heavy atom. The van der Waals surface area contributed by atoms with Crippen molar-refractivity contribution in [3.63, 3.8) is 0 Å². The van der Waals surface area contributed by atoms with Crippen molar-refractivity contribution in [1.29, 1.82) is 0 Å². The first-order chi connectivity index (χ1) is 9.36. The molecule has 3 rings (SSSR count). The fraction of sp³-hybridized carbons (Fsp3) is 0.200. The van der Waals surface area contributed by atoms with Gasteiger partial charge in [-0.2, -0.15) is 0 Å². The average molecular weight is 252 g/mol. The maximum atomic E-state index is 5.73. The predicted molar refractivity (Wildman–Crippen MR) is 75.6 cm³/mol. The molecule has 0 amide bonds. The van der Waals surface area contributed by atoms with Gasteiger partial charge in [0.15, 0.2) is 0 Å². The molecule has 1 aromatic carbocycles. The highest BCUT2D eigenvalue weighted by Gasteiger charge is 2.06. The Labute approximate surface area is 111 Å². The lowest BCUT2D eigenvalue weighted by atomic mass is 10.1. The number of aryl methyl sites for hydroxylation is 2. The fourth-order valence-corrected chi connectivity index (χ4v) is 2.23. The quantitative estimate of drug-likeness (QED) is 0.748.